The summed E-state index contributed by atoms with van der Waals surface area (Å²) >= 11 is 1.67. The first-order chi connectivity index (χ1) is 19.2. The van der Waals surface area contributed by atoms with Gasteiger partial charge in [-0.2, -0.15) is 0 Å². The smallest absolute Gasteiger partial charge is 0.410 e. The van der Waals surface area contributed by atoms with Crippen LogP contribution in [0.1, 0.15) is 47.8 Å². The minimum atomic E-state index is -0.482. The van der Waals surface area contributed by atoms with Gasteiger partial charge in [0.25, 0.3) is 5.91 Å². The molecule has 5 rings (SSSR count). The molecule has 2 heterocycles. The molecular formula is C32H38N4O3S. The SMILES string of the molecule is CC(C)(C)OC(=O)N1CCN(Sc2ccc(NC(=O)c3ccc(CN4CCc5ccccc5C4)cc3)cc2)CC1. The minimum Gasteiger partial charge on any atom is -0.444 e. The fourth-order valence-electron chi connectivity index (χ4n) is 4.95. The Kier molecular flexibility index (Phi) is 8.78. The lowest BCUT2D eigenvalue weighted by Gasteiger charge is -2.34. The van der Waals surface area contributed by atoms with Crippen molar-refractivity contribution in [3.63, 3.8) is 0 Å². The molecule has 0 bridgehead atoms. The van der Waals surface area contributed by atoms with E-state index in [1.807, 2.05) is 57.2 Å². The zero-order chi connectivity index (χ0) is 28.1. The molecular weight excluding hydrogens is 520 g/mol. The molecule has 2 amide bonds. The van der Waals surface area contributed by atoms with Crippen molar-refractivity contribution in [1.29, 1.82) is 0 Å². The van der Waals surface area contributed by atoms with Crippen molar-refractivity contribution >= 4 is 29.6 Å². The number of nitrogens with one attached hydrogen (secondary N) is 1. The molecule has 1 saturated heterocycles. The zero-order valence-corrected chi connectivity index (χ0v) is 24.4. The summed E-state index contributed by atoms with van der Waals surface area (Å²) in [5, 5.41) is 3.01. The molecule has 1 N–H and O–H groups in total. The van der Waals surface area contributed by atoms with Gasteiger partial charge in [-0.3, -0.25) is 9.69 Å². The summed E-state index contributed by atoms with van der Waals surface area (Å²) in [6, 6.07) is 24.5. The number of piperazine rings is 1. The number of hydrogen-bond donors (Lipinski definition) is 1. The van der Waals surface area contributed by atoms with Crippen molar-refractivity contribution in [1.82, 2.24) is 14.1 Å². The van der Waals surface area contributed by atoms with Crippen molar-refractivity contribution < 1.29 is 14.3 Å². The number of carbonyl (C=O) groups is 2. The van der Waals surface area contributed by atoms with E-state index in [-0.39, 0.29) is 12.0 Å². The van der Waals surface area contributed by atoms with Crippen LogP contribution in [0.5, 0.6) is 0 Å². The van der Waals surface area contributed by atoms with Crippen molar-refractivity contribution in [2.24, 2.45) is 0 Å². The monoisotopic (exact) mass is 558 g/mol. The van der Waals surface area contributed by atoms with Gasteiger partial charge in [0.2, 0.25) is 0 Å². The molecule has 7 nitrogen and oxygen atoms in total. The number of fused-ring (bicyclic) bond motifs is 1. The van der Waals surface area contributed by atoms with Crippen LogP contribution < -0.4 is 5.32 Å². The Morgan fingerprint density at radius 1 is 0.850 bits per heavy atom. The number of anilines is 1. The van der Waals surface area contributed by atoms with Gasteiger partial charge >= 0.3 is 6.09 Å². The van der Waals surface area contributed by atoms with Crippen molar-refractivity contribution in [3.05, 3.63) is 95.1 Å². The van der Waals surface area contributed by atoms with Crippen molar-refractivity contribution in [2.75, 3.05) is 38.0 Å². The highest BCUT2D eigenvalue weighted by molar-refractivity contribution is 7.97. The zero-order valence-electron chi connectivity index (χ0n) is 23.6. The maximum Gasteiger partial charge on any atom is 0.410 e. The number of rotatable bonds is 6. The molecule has 210 valence electrons. The quantitative estimate of drug-likeness (QED) is 0.371. The second-order valence-electron chi connectivity index (χ2n) is 11.4. The molecule has 3 aromatic carbocycles. The summed E-state index contributed by atoms with van der Waals surface area (Å²) in [4.78, 5) is 30.4. The average Bonchev–Trinajstić information content (AvgIpc) is 2.94. The first-order valence-corrected chi connectivity index (χ1v) is 14.7. The highest BCUT2D eigenvalue weighted by atomic mass is 32.2. The van der Waals surface area contributed by atoms with E-state index in [9.17, 15) is 9.59 Å². The summed E-state index contributed by atoms with van der Waals surface area (Å²) in [5.41, 5.74) is 5.01. The molecule has 40 heavy (non-hydrogen) atoms. The number of benzene rings is 3. The fourth-order valence-corrected chi connectivity index (χ4v) is 5.85. The van der Waals surface area contributed by atoms with Crippen LogP contribution in [0.3, 0.4) is 0 Å². The number of carbonyl (C=O) groups excluding carboxylic acids is 2. The lowest BCUT2D eigenvalue weighted by molar-refractivity contribution is 0.0197. The predicted molar refractivity (Wildman–Crippen MR) is 160 cm³/mol. The van der Waals surface area contributed by atoms with Gasteiger partial charge in [0, 0.05) is 62.0 Å². The first kappa shape index (κ1) is 28.2. The van der Waals surface area contributed by atoms with E-state index in [1.54, 1.807) is 16.8 Å². The molecule has 0 atom stereocenters. The third-order valence-electron chi connectivity index (χ3n) is 7.07. The molecule has 0 aromatic heterocycles. The molecule has 0 spiro atoms. The third kappa shape index (κ3) is 7.65. The van der Waals surface area contributed by atoms with Crippen LogP contribution in [-0.4, -0.2) is 64.4 Å². The Labute approximate surface area is 241 Å². The summed E-state index contributed by atoms with van der Waals surface area (Å²) in [6.45, 7) is 11.4. The van der Waals surface area contributed by atoms with E-state index in [2.05, 4.69) is 50.9 Å². The van der Waals surface area contributed by atoms with Gasteiger partial charge in [-0.05, 0) is 92.2 Å². The molecule has 2 aliphatic rings. The molecule has 0 unspecified atom stereocenters. The molecule has 1 fully saturated rings. The van der Waals surface area contributed by atoms with Crippen LogP contribution in [0.2, 0.25) is 0 Å². The third-order valence-corrected chi connectivity index (χ3v) is 8.18. The lowest BCUT2D eigenvalue weighted by Crippen LogP contribution is -2.47. The first-order valence-electron chi connectivity index (χ1n) is 13.9. The minimum absolute atomic E-state index is 0.114. The second kappa shape index (κ2) is 12.5. The topological polar surface area (TPSA) is 65.1 Å². The molecule has 3 aromatic rings. The number of hydrogen-bond acceptors (Lipinski definition) is 6. The molecule has 8 heteroatoms. The number of amides is 2. The van der Waals surface area contributed by atoms with E-state index in [4.69, 9.17) is 4.74 Å². The Balaban J connectivity index is 1.07. The number of ether oxygens (including phenoxy) is 1. The Morgan fingerprint density at radius 2 is 1.52 bits per heavy atom. The normalized spacial score (nSPS) is 16.3. The highest BCUT2D eigenvalue weighted by Crippen LogP contribution is 2.26. The molecule has 0 aliphatic carbocycles. The van der Waals surface area contributed by atoms with Gasteiger partial charge in [-0.15, -0.1) is 0 Å². The molecule has 2 aliphatic heterocycles. The Morgan fingerprint density at radius 3 is 2.20 bits per heavy atom. The maximum atomic E-state index is 12.8. The molecule has 0 saturated carbocycles. The van der Waals surface area contributed by atoms with Gasteiger partial charge in [-0.1, -0.05) is 36.4 Å². The van der Waals surface area contributed by atoms with Crippen LogP contribution in [0.15, 0.2) is 77.7 Å². The average molecular weight is 559 g/mol. The van der Waals surface area contributed by atoms with E-state index < -0.39 is 5.60 Å². The van der Waals surface area contributed by atoms with Gasteiger partial charge < -0.3 is 15.0 Å². The predicted octanol–water partition coefficient (Wildman–Crippen LogP) is 6.06. The Hall–Kier alpha value is -3.33. The molecule has 0 radical (unpaired) electrons. The number of nitrogens with zero attached hydrogens (tertiary/aromatic N) is 3. The van der Waals surface area contributed by atoms with E-state index in [1.165, 1.54) is 16.7 Å². The van der Waals surface area contributed by atoms with Gasteiger partial charge in [0.05, 0.1) is 0 Å². The van der Waals surface area contributed by atoms with E-state index >= 15 is 0 Å². The maximum absolute atomic E-state index is 12.8. The van der Waals surface area contributed by atoms with Crippen LogP contribution in [0.25, 0.3) is 0 Å². The Bertz CT molecular complexity index is 1310. The van der Waals surface area contributed by atoms with Gasteiger partial charge in [0.15, 0.2) is 0 Å². The second-order valence-corrected chi connectivity index (χ2v) is 12.6. The van der Waals surface area contributed by atoms with Crippen LogP contribution in [0.4, 0.5) is 10.5 Å². The fraction of sp³-hybridized carbons (Fsp3) is 0.375. The van der Waals surface area contributed by atoms with Crippen molar-refractivity contribution in [3.8, 4) is 0 Å². The van der Waals surface area contributed by atoms with Crippen LogP contribution >= 0.6 is 11.9 Å². The van der Waals surface area contributed by atoms with Crippen molar-refractivity contribution in [2.45, 2.75) is 50.8 Å². The largest absolute Gasteiger partial charge is 0.444 e. The van der Waals surface area contributed by atoms with Gasteiger partial charge in [-0.25, -0.2) is 9.10 Å². The van der Waals surface area contributed by atoms with Crippen LogP contribution in [0, 0.1) is 0 Å². The summed E-state index contributed by atoms with van der Waals surface area (Å²) in [5.74, 6) is -0.114. The summed E-state index contributed by atoms with van der Waals surface area (Å²) < 4.78 is 7.73. The standard InChI is InChI=1S/C32H38N4O3S/c1-32(2,3)39-31(38)35-18-20-36(21-19-35)40-29-14-12-28(13-15-29)33-30(37)26-10-8-24(9-11-26)22-34-17-16-25-6-4-5-7-27(25)23-34/h4-15H,16-23H2,1-3H3,(H,33,37). The summed E-state index contributed by atoms with van der Waals surface area (Å²) in [7, 11) is 0. The summed E-state index contributed by atoms with van der Waals surface area (Å²) in [6.07, 6.45) is 0.832. The van der Waals surface area contributed by atoms with E-state index in [0.29, 0.717) is 18.7 Å². The van der Waals surface area contributed by atoms with Crippen LogP contribution in [-0.2, 0) is 24.2 Å². The lowest BCUT2D eigenvalue weighted by atomic mass is 9.99. The highest BCUT2D eigenvalue weighted by Gasteiger charge is 2.26. The van der Waals surface area contributed by atoms with Gasteiger partial charge in [0.1, 0.15) is 5.60 Å². The van der Waals surface area contributed by atoms with E-state index in [0.717, 1.165) is 49.7 Å².